The van der Waals surface area contributed by atoms with Gasteiger partial charge in [-0.05, 0) is 24.6 Å². The van der Waals surface area contributed by atoms with E-state index in [0.717, 1.165) is 0 Å². The number of carbonyl (C=O) groups is 4. The molecule has 1 aromatic carbocycles. The third-order valence-corrected chi connectivity index (χ3v) is 7.19. The van der Waals surface area contributed by atoms with Crippen molar-refractivity contribution in [1.29, 1.82) is 0 Å². The number of anilines is 1. The monoisotopic (exact) mass is 511 g/mol. The van der Waals surface area contributed by atoms with E-state index >= 15 is 4.39 Å². The number of rotatable bonds is 3. The van der Waals surface area contributed by atoms with E-state index in [1.165, 1.54) is 6.07 Å². The van der Waals surface area contributed by atoms with Crippen molar-refractivity contribution in [3.05, 3.63) is 41.1 Å². The van der Waals surface area contributed by atoms with Crippen molar-refractivity contribution in [2.45, 2.75) is 32.0 Å². The molecule has 0 aliphatic carbocycles. The van der Waals surface area contributed by atoms with Gasteiger partial charge in [0.1, 0.15) is 0 Å². The van der Waals surface area contributed by atoms with Gasteiger partial charge in [-0.1, -0.05) is 5.16 Å². The van der Waals surface area contributed by atoms with Crippen LogP contribution in [0.15, 0.2) is 22.9 Å². The number of amides is 5. The number of aromatic nitrogens is 3. The Morgan fingerprint density at radius 3 is 2.76 bits per heavy atom. The number of aryl methyl sites for hydroxylation is 1. The summed E-state index contributed by atoms with van der Waals surface area (Å²) in [7, 11) is 1.75. The number of halogens is 1. The van der Waals surface area contributed by atoms with Gasteiger partial charge in [-0.15, -0.1) is 0 Å². The van der Waals surface area contributed by atoms with Gasteiger partial charge in [-0.3, -0.25) is 29.7 Å². The van der Waals surface area contributed by atoms with Crippen LogP contribution in [0.25, 0.3) is 11.0 Å². The van der Waals surface area contributed by atoms with Gasteiger partial charge in [0.25, 0.3) is 5.91 Å². The Morgan fingerprint density at radius 2 is 2.05 bits per heavy atom. The molecule has 37 heavy (non-hydrogen) atoms. The zero-order valence-corrected chi connectivity index (χ0v) is 19.8. The van der Waals surface area contributed by atoms with Crippen molar-refractivity contribution in [3.8, 4) is 0 Å². The second-order valence-electron chi connectivity index (χ2n) is 9.37. The van der Waals surface area contributed by atoms with E-state index in [-0.39, 0.29) is 48.5 Å². The smallest absolute Gasteiger partial charge is 0.328 e. The Bertz CT molecular complexity index is 1480. The summed E-state index contributed by atoms with van der Waals surface area (Å²) in [6.45, 7) is 2.22. The van der Waals surface area contributed by atoms with E-state index in [1.807, 2.05) is 0 Å². The number of hydrogen-bond donors (Lipinski definition) is 3. The van der Waals surface area contributed by atoms with E-state index in [9.17, 15) is 19.2 Å². The zero-order chi connectivity index (χ0) is 26.1. The Morgan fingerprint density at radius 1 is 1.30 bits per heavy atom. The summed E-state index contributed by atoms with van der Waals surface area (Å²) in [6.07, 6.45) is 0.870. The summed E-state index contributed by atoms with van der Waals surface area (Å²) in [5, 5.41) is 15.1. The van der Waals surface area contributed by atoms with Gasteiger partial charge >= 0.3 is 6.03 Å². The van der Waals surface area contributed by atoms with Crippen LogP contribution in [0.5, 0.6) is 0 Å². The van der Waals surface area contributed by atoms with Gasteiger partial charge in [0.2, 0.25) is 17.4 Å². The van der Waals surface area contributed by atoms with Gasteiger partial charge < -0.3 is 19.5 Å². The van der Waals surface area contributed by atoms with Gasteiger partial charge in [0, 0.05) is 26.2 Å². The summed E-state index contributed by atoms with van der Waals surface area (Å²) in [5.41, 5.74) is -1.07. The van der Waals surface area contributed by atoms with E-state index in [4.69, 9.17) is 9.26 Å². The van der Waals surface area contributed by atoms with Crippen molar-refractivity contribution >= 4 is 40.4 Å². The second kappa shape index (κ2) is 8.09. The predicted molar refractivity (Wildman–Crippen MR) is 123 cm³/mol. The minimum absolute atomic E-state index is 0.0948. The number of imide groups is 2. The van der Waals surface area contributed by atoms with Crippen LogP contribution in [0.2, 0.25) is 0 Å². The molecule has 2 saturated heterocycles. The standard InChI is InChI=1S/C23H22FN7O6/c1-10-18-23(20(33)26-22(35)27-21(23)34)8-11-7-13-15(19(32)25-9-12-3-4-30(2)28-12)29-37-17(13)14(24)16(11)31(18)5-6-36-10/h3-4,7,10,18H,5-6,8-9H2,1-2H3,(H,25,32)(H2,26,27,33,34,35)/t10-,18+/m0/s1. The second-order valence-corrected chi connectivity index (χ2v) is 9.37. The average molecular weight is 511 g/mol. The maximum Gasteiger partial charge on any atom is 0.328 e. The Labute approximate surface area is 208 Å². The highest BCUT2D eigenvalue weighted by Gasteiger charge is 2.62. The number of benzene rings is 1. The molecule has 2 atom stereocenters. The lowest BCUT2D eigenvalue weighted by molar-refractivity contribution is -0.151. The molecular formula is C23H22FN7O6. The van der Waals surface area contributed by atoms with Crippen molar-refractivity contribution in [1.82, 2.24) is 30.9 Å². The first-order valence-electron chi connectivity index (χ1n) is 11.6. The molecule has 0 saturated carbocycles. The van der Waals surface area contributed by atoms with Crippen LogP contribution in [0.1, 0.15) is 28.7 Å². The summed E-state index contributed by atoms with van der Waals surface area (Å²) < 4.78 is 28.6. The average Bonchev–Trinajstić information content (AvgIpc) is 3.47. The molecule has 1 spiro atoms. The van der Waals surface area contributed by atoms with Crippen molar-refractivity contribution in [2.24, 2.45) is 12.5 Å². The molecule has 5 heterocycles. The fourth-order valence-corrected chi connectivity index (χ4v) is 5.64. The summed E-state index contributed by atoms with van der Waals surface area (Å²) >= 11 is 0. The van der Waals surface area contributed by atoms with Gasteiger partial charge in [-0.25, -0.2) is 9.18 Å². The molecule has 0 bridgehead atoms. The number of carbonyl (C=O) groups excluding carboxylic acids is 4. The number of nitrogens with one attached hydrogen (secondary N) is 3. The highest BCUT2D eigenvalue weighted by molar-refractivity contribution is 6.20. The number of ether oxygens (including phenoxy) is 1. The number of nitrogens with zero attached hydrogens (tertiary/aromatic N) is 4. The Balaban J connectivity index is 1.44. The molecule has 3 aromatic rings. The molecule has 3 N–H and O–H groups in total. The van der Waals surface area contributed by atoms with Gasteiger partial charge in [0.15, 0.2) is 16.9 Å². The molecule has 5 amide bonds. The van der Waals surface area contributed by atoms with E-state index in [0.29, 0.717) is 11.3 Å². The predicted octanol–water partition coefficient (Wildman–Crippen LogP) is 0.133. The van der Waals surface area contributed by atoms with Crippen molar-refractivity contribution < 1.29 is 32.8 Å². The molecule has 0 radical (unpaired) electrons. The zero-order valence-electron chi connectivity index (χ0n) is 19.8. The van der Waals surface area contributed by atoms with Gasteiger partial charge in [0.05, 0.1) is 42.1 Å². The molecule has 13 nitrogen and oxygen atoms in total. The molecule has 0 unspecified atom stereocenters. The molecule has 2 fully saturated rings. The summed E-state index contributed by atoms with van der Waals surface area (Å²) in [6, 6.07) is 1.43. The summed E-state index contributed by atoms with van der Waals surface area (Å²) in [5.74, 6) is -2.95. The quantitative estimate of drug-likeness (QED) is 0.415. The van der Waals surface area contributed by atoms with Crippen LogP contribution in [-0.2, 0) is 34.3 Å². The Kier molecular flexibility index (Phi) is 5.05. The summed E-state index contributed by atoms with van der Waals surface area (Å²) in [4.78, 5) is 52.8. The SMILES string of the molecule is C[C@@H]1OCCN2c3c(cc4c(C(=O)NCc5ccn(C)n5)noc4c3F)CC3(C(=O)NC(=O)NC3=O)[C@@H]12. The lowest BCUT2D eigenvalue weighted by Gasteiger charge is -2.54. The highest BCUT2D eigenvalue weighted by atomic mass is 19.1. The molecule has 3 aliphatic rings. The number of urea groups is 1. The fourth-order valence-electron chi connectivity index (χ4n) is 5.64. The lowest BCUT2D eigenvalue weighted by Crippen LogP contribution is -2.74. The van der Waals surface area contributed by atoms with Crippen LogP contribution < -0.4 is 20.9 Å². The van der Waals surface area contributed by atoms with Crippen LogP contribution >= 0.6 is 0 Å². The number of barbiturate groups is 1. The van der Waals surface area contributed by atoms with Crippen LogP contribution in [0.4, 0.5) is 14.9 Å². The number of fused-ring (bicyclic) bond motifs is 5. The molecule has 2 aromatic heterocycles. The normalized spacial score (nSPS) is 22.5. The van der Waals surface area contributed by atoms with E-state index < -0.39 is 47.1 Å². The molecule has 192 valence electrons. The van der Waals surface area contributed by atoms with E-state index in [2.05, 4.69) is 26.2 Å². The first-order valence-corrected chi connectivity index (χ1v) is 11.6. The Hall–Kier alpha value is -4.33. The first-order chi connectivity index (χ1) is 17.7. The number of morpholine rings is 1. The fraction of sp³-hybridized carbons (Fsp3) is 0.391. The highest BCUT2D eigenvalue weighted by Crippen LogP contribution is 2.48. The van der Waals surface area contributed by atoms with Crippen molar-refractivity contribution in [3.63, 3.8) is 0 Å². The molecule has 14 heteroatoms. The van der Waals surface area contributed by atoms with E-state index in [1.54, 1.807) is 35.8 Å². The molecular weight excluding hydrogens is 489 g/mol. The van der Waals surface area contributed by atoms with Crippen LogP contribution in [0, 0.1) is 11.2 Å². The molecule has 3 aliphatic heterocycles. The number of hydrogen-bond acceptors (Lipinski definition) is 9. The minimum atomic E-state index is -1.76. The van der Waals surface area contributed by atoms with Gasteiger partial charge in [-0.2, -0.15) is 5.10 Å². The van der Waals surface area contributed by atoms with Crippen LogP contribution in [0.3, 0.4) is 0 Å². The first kappa shape index (κ1) is 23.1. The third-order valence-electron chi connectivity index (χ3n) is 7.19. The topological polar surface area (TPSA) is 161 Å². The maximum absolute atomic E-state index is 16.0. The third kappa shape index (κ3) is 3.32. The lowest BCUT2D eigenvalue weighted by atomic mass is 9.66. The largest absolute Gasteiger partial charge is 0.374 e. The minimum Gasteiger partial charge on any atom is -0.374 e. The van der Waals surface area contributed by atoms with Crippen LogP contribution in [-0.4, -0.2) is 64.0 Å². The molecule has 6 rings (SSSR count). The maximum atomic E-state index is 16.0. The van der Waals surface area contributed by atoms with Crippen molar-refractivity contribution in [2.75, 3.05) is 18.1 Å².